The third-order valence-corrected chi connectivity index (χ3v) is 3.51. The lowest BCUT2D eigenvalue weighted by atomic mass is 9.87. The summed E-state index contributed by atoms with van der Waals surface area (Å²) in [5.74, 6) is 1.12. The van der Waals surface area contributed by atoms with E-state index in [0.717, 1.165) is 10.7 Å². The highest BCUT2D eigenvalue weighted by Crippen LogP contribution is 2.29. The third kappa shape index (κ3) is 2.94. The monoisotopic (exact) mass is 266 g/mol. The lowest BCUT2D eigenvalue weighted by Gasteiger charge is -2.23. The minimum atomic E-state index is -0.254. The van der Waals surface area contributed by atoms with Crippen molar-refractivity contribution in [2.24, 2.45) is 11.1 Å². The van der Waals surface area contributed by atoms with Gasteiger partial charge in [-0.05, 0) is 12.3 Å². The first-order valence-electron chi connectivity index (χ1n) is 5.85. The fourth-order valence-electron chi connectivity index (χ4n) is 1.49. The summed E-state index contributed by atoms with van der Waals surface area (Å²) in [4.78, 5) is 8.72. The van der Waals surface area contributed by atoms with E-state index in [9.17, 15) is 0 Å². The second kappa shape index (κ2) is 4.78. The van der Waals surface area contributed by atoms with Crippen LogP contribution in [0, 0.1) is 12.3 Å². The van der Waals surface area contributed by atoms with Crippen molar-refractivity contribution < 1.29 is 4.52 Å². The van der Waals surface area contributed by atoms with Gasteiger partial charge in [0.1, 0.15) is 0 Å². The van der Waals surface area contributed by atoms with Crippen molar-refractivity contribution in [1.82, 2.24) is 15.1 Å². The average Bonchev–Trinajstić information content (AvgIpc) is 2.86. The number of nitrogens with zero attached hydrogens (tertiary/aromatic N) is 3. The van der Waals surface area contributed by atoms with E-state index >= 15 is 0 Å². The van der Waals surface area contributed by atoms with Crippen molar-refractivity contribution in [3.63, 3.8) is 0 Å². The maximum absolute atomic E-state index is 6.07. The number of hydrogen-bond donors (Lipinski definition) is 1. The SMILES string of the molecule is Cc1nc(Cc2noc([C@@H](N)C(C)(C)C)n2)cs1. The van der Waals surface area contributed by atoms with Crippen molar-refractivity contribution in [1.29, 1.82) is 0 Å². The smallest absolute Gasteiger partial charge is 0.244 e. The zero-order chi connectivity index (χ0) is 13.3. The Morgan fingerprint density at radius 1 is 1.39 bits per heavy atom. The van der Waals surface area contributed by atoms with E-state index in [0.29, 0.717) is 18.1 Å². The highest BCUT2D eigenvalue weighted by molar-refractivity contribution is 7.09. The maximum Gasteiger partial charge on any atom is 0.244 e. The lowest BCUT2D eigenvalue weighted by Crippen LogP contribution is -2.26. The summed E-state index contributed by atoms with van der Waals surface area (Å²) in [6, 6.07) is -0.254. The van der Waals surface area contributed by atoms with Gasteiger partial charge in [-0.1, -0.05) is 25.9 Å². The minimum Gasteiger partial charge on any atom is -0.338 e. The predicted octanol–water partition coefficient (Wildman–Crippen LogP) is 2.47. The van der Waals surface area contributed by atoms with Gasteiger partial charge in [-0.25, -0.2) is 4.98 Å². The Morgan fingerprint density at radius 3 is 2.67 bits per heavy atom. The molecule has 0 aromatic carbocycles. The first-order chi connectivity index (χ1) is 8.36. The Bertz CT molecular complexity index is 526. The molecule has 1 atom stereocenters. The molecule has 0 fully saturated rings. The van der Waals surface area contributed by atoms with Crippen LogP contribution in [0.2, 0.25) is 0 Å². The Balaban J connectivity index is 2.11. The Kier molecular flexibility index (Phi) is 3.49. The summed E-state index contributed by atoms with van der Waals surface area (Å²) in [5.41, 5.74) is 6.94. The van der Waals surface area contributed by atoms with Gasteiger partial charge in [0.05, 0.1) is 23.2 Å². The normalized spacial score (nSPS) is 13.8. The number of thiazole rings is 1. The molecule has 0 aliphatic carbocycles. The van der Waals surface area contributed by atoms with Crippen LogP contribution in [0.3, 0.4) is 0 Å². The second-order valence-corrected chi connectivity index (χ2v) is 6.49. The Labute approximate surface area is 110 Å². The number of aromatic nitrogens is 3. The van der Waals surface area contributed by atoms with E-state index in [-0.39, 0.29) is 11.5 Å². The number of hydrogen-bond acceptors (Lipinski definition) is 6. The van der Waals surface area contributed by atoms with Gasteiger partial charge in [-0.2, -0.15) is 4.98 Å². The molecule has 18 heavy (non-hydrogen) atoms. The van der Waals surface area contributed by atoms with Crippen LogP contribution in [-0.2, 0) is 6.42 Å². The Hall–Kier alpha value is -1.27. The van der Waals surface area contributed by atoms with Crippen LogP contribution in [-0.4, -0.2) is 15.1 Å². The quantitative estimate of drug-likeness (QED) is 0.923. The minimum absolute atomic E-state index is 0.0962. The molecular weight excluding hydrogens is 248 g/mol. The molecule has 2 aromatic heterocycles. The molecule has 2 aromatic rings. The van der Waals surface area contributed by atoms with Gasteiger partial charge in [0.15, 0.2) is 5.82 Å². The maximum atomic E-state index is 6.07. The van der Waals surface area contributed by atoms with Gasteiger partial charge >= 0.3 is 0 Å². The molecule has 2 heterocycles. The van der Waals surface area contributed by atoms with Crippen LogP contribution < -0.4 is 5.73 Å². The van der Waals surface area contributed by atoms with E-state index < -0.39 is 0 Å². The molecule has 5 nitrogen and oxygen atoms in total. The molecule has 0 amide bonds. The van der Waals surface area contributed by atoms with Crippen molar-refractivity contribution in [2.75, 3.05) is 0 Å². The molecular formula is C12H18N4OS. The number of nitrogens with two attached hydrogens (primary N) is 1. The van der Waals surface area contributed by atoms with Gasteiger partial charge in [-0.15, -0.1) is 11.3 Å². The van der Waals surface area contributed by atoms with Gasteiger partial charge in [0.2, 0.25) is 5.89 Å². The summed E-state index contributed by atoms with van der Waals surface area (Å²) in [6.07, 6.45) is 0.588. The number of rotatable bonds is 3. The summed E-state index contributed by atoms with van der Waals surface area (Å²) in [6.45, 7) is 8.12. The molecule has 0 saturated heterocycles. The van der Waals surface area contributed by atoms with Gasteiger partial charge in [0.25, 0.3) is 0 Å². The molecule has 0 radical (unpaired) electrons. The molecule has 98 valence electrons. The van der Waals surface area contributed by atoms with Gasteiger partial charge < -0.3 is 10.3 Å². The average molecular weight is 266 g/mol. The summed E-state index contributed by atoms with van der Waals surface area (Å²) >= 11 is 1.62. The molecule has 2 rings (SSSR count). The molecule has 2 N–H and O–H groups in total. The molecule has 0 aliphatic rings. The van der Waals surface area contributed by atoms with E-state index in [4.69, 9.17) is 10.3 Å². The second-order valence-electron chi connectivity index (χ2n) is 5.43. The first kappa shape index (κ1) is 13.2. The third-order valence-electron chi connectivity index (χ3n) is 2.69. The van der Waals surface area contributed by atoms with Crippen LogP contribution >= 0.6 is 11.3 Å². The standard InChI is InChI=1S/C12H18N4OS/c1-7-14-8(6-18-7)5-9-15-11(17-16-9)10(13)12(2,3)4/h6,10H,5,13H2,1-4H3/t10-/m1/s1. The predicted molar refractivity (Wildman–Crippen MR) is 70.3 cm³/mol. The van der Waals surface area contributed by atoms with Gasteiger partial charge in [-0.3, -0.25) is 0 Å². The van der Waals surface area contributed by atoms with Crippen LogP contribution in [0.1, 0.15) is 49.2 Å². The van der Waals surface area contributed by atoms with Crippen molar-refractivity contribution >= 4 is 11.3 Å². The largest absolute Gasteiger partial charge is 0.338 e. The van der Waals surface area contributed by atoms with E-state index in [2.05, 4.69) is 15.1 Å². The van der Waals surface area contributed by atoms with Crippen molar-refractivity contribution in [3.8, 4) is 0 Å². The van der Waals surface area contributed by atoms with E-state index in [1.165, 1.54) is 0 Å². The summed E-state index contributed by atoms with van der Waals surface area (Å²) in [7, 11) is 0. The van der Waals surface area contributed by atoms with Crippen LogP contribution in [0.25, 0.3) is 0 Å². The molecule has 0 aliphatic heterocycles. The molecule has 0 bridgehead atoms. The van der Waals surface area contributed by atoms with Crippen LogP contribution in [0.15, 0.2) is 9.90 Å². The van der Waals surface area contributed by atoms with Crippen LogP contribution in [0.4, 0.5) is 0 Å². The molecule has 0 unspecified atom stereocenters. The summed E-state index contributed by atoms with van der Waals surface area (Å²) in [5, 5.41) is 7.00. The van der Waals surface area contributed by atoms with E-state index in [1.54, 1.807) is 11.3 Å². The van der Waals surface area contributed by atoms with Crippen LogP contribution in [0.5, 0.6) is 0 Å². The number of aryl methyl sites for hydroxylation is 1. The van der Waals surface area contributed by atoms with E-state index in [1.807, 2.05) is 33.1 Å². The van der Waals surface area contributed by atoms with Gasteiger partial charge in [0, 0.05) is 5.38 Å². The zero-order valence-corrected chi connectivity index (χ0v) is 11.9. The lowest BCUT2D eigenvalue weighted by molar-refractivity contribution is 0.252. The highest BCUT2D eigenvalue weighted by atomic mass is 32.1. The topological polar surface area (TPSA) is 77.8 Å². The Morgan fingerprint density at radius 2 is 2.11 bits per heavy atom. The summed E-state index contributed by atoms with van der Waals surface area (Å²) < 4.78 is 5.22. The highest BCUT2D eigenvalue weighted by Gasteiger charge is 2.27. The molecule has 0 saturated carbocycles. The van der Waals surface area contributed by atoms with Crippen molar-refractivity contribution in [2.45, 2.75) is 40.2 Å². The fourth-order valence-corrected chi connectivity index (χ4v) is 2.10. The van der Waals surface area contributed by atoms with Crippen molar-refractivity contribution in [3.05, 3.63) is 27.8 Å². The first-order valence-corrected chi connectivity index (χ1v) is 6.73. The molecule has 0 spiro atoms. The fraction of sp³-hybridized carbons (Fsp3) is 0.583. The molecule has 6 heteroatoms. The zero-order valence-electron chi connectivity index (χ0n) is 11.1.